The van der Waals surface area contributed by atoms with Gasteiger partial charge in [0.05, 0.1) is 29.2 Å². The molecule has 2 aromatic heterocycles. The molecule has 9 heteroatoms. The van der Waals surface area contributed by atoms with E-state index in [1.54, 1.807) is 18.5 Å². The Labute approximate surface area is 221 Å². The van der Waals surface area contributed by atoms with E-state index >= 15 is 0 Å². The zero-order valence-electron chi connectivity index (χ0n) is 21.5. The van der Waals surface area contributed by atoms with Crippen LogP contribution in [0.15, 0.2) is 85.3 Å². The van der Waals surface area contributed by atoms with E-state index in [4.69, 9.17) is 0 Å². The molecule has 2 N–H and O–H groups in total. The summed E-state index contributed by atoms with van der Waals surface area (Å²) in [6.45, 7) is 2.16. The van der Waals surface area contributed by atoms with Crippen LogP contribution in [0.1, 0.15) is 55.1 Å². The highest BCUT2D eigenvalue weighted by Gasteiger charge is 2.34. The highest BCUT2D eigenvalue weighted by Crippen LogP contribution is 2.37. The molecule has 3 aromatic carbocycles. The van der Waals surface area contributed by atoms with E-state index < -0.39 is 5.44 Å². The molecule has 1 aliphatic carbocycles. The van der Waals surface area contributed by atoms with Crippen molar-refractivity contribution in [1.29, 1.82) is 0 Å². The molecule has 0 spiro atoms. The average molecular weight is 505 g/mol. The van der Waals surface area contributed by atoms with Crippen molar-refractivity contribution in [3.63, 3.8) is 0 Å². The molecule has 2 heterocycles. The third kappa shape index (κ3) is 4.72. The Balaban J connectivity index is 1.37. The fourth-order valence-corrected chi connectivity index (χ4v) is 4.90. The summed E-state index contributed by atoms with van der Waals surface area (Å²) in [7, 11) is 2.05. The van der Waals surface area contributed by atoms with E-state index in [1.165, 1.54) is 17.7 Å². The maximum Gasteiger partial charge on any atom is 0.148 e. The van der Waals surface area contributed by atoms with Crippen molar-refractivity contribution >= 4 is 30.3 Å². The van der Waals surface area contributed by atoms with E-state index in [2.05, 4.69) is 76.0 Å². The number of anilines is 2. The summed E-state index contributed by atoms with van der Waals surface area (Å²) in [5, 5.41) is 17.1. The predicted octanol–water partition coefficient (Wildman–Crippen LogP) is 5.20. The lowest BCUT2D eigenvalue weighted by molar-refractivity contribution is 0.610. The number of rotatable bonds is 9. The number of benzene rings is 3. The summed E-state index contributed by atoms with van der Waals surface area (Å²) >= 11 is 0. The molecule has 190 valence electrons. The fourth-order valence-electron chi connectivity index (χ4n) is 4.90. The zero-order valence-corrected chi connectivity index (χ0v) is 21.5. The number of hydrogen-bond donors (Lipinski definition) is 2. The third-order valence-corrected chi connectivity index (χ3v) is 7.32. The minimum atomic E-state index is -0.742. The smallest absolute Gasteiger partial charge is 0.148 e. The van der Waals surface area contributed by atoms with Gasteiger partial charge in [-0.15, -0.1) is 5.10 Å². The fraction of sp³-hybridized carbons (Fsp3) is 0.241. The molecule has 0 amide bonds. The van der Waals surface area contributed by atoms with Gasteiger partial charge in [-0.05, 0) is 60.7 Å². The zero-order chi connectivity index (χ0) is 26.1. The molecule has 0 bridgehead atoms. The molecule has 6 rings (SSSR count). The Hall–Kier alpha value is -4.27. The second-order valence-electron chi connectivity index (χ2n) is 10.0. The van der Waals surface area contributed by atoms with Crippen LogP contribution in [0.2, 0.25) is 0 Å². The first-order valence-electron chi connectivity index (χ1n) is 13.1. The number of nitrogens with zero attached hydrogens (tertiary/aromatic N) is 5. The topological polar surface area (TPSA) is 80.5 Å². The molecule has 0 saturated heterocycles. The number of aromatic nitrogens is 5. The van der Waals surface area contributed by atoms with Gasteiger partial charge in [-0.2, -0.15) is 0 Å². The van der Waals surface area contributed by atoms with E-state index in [0.717, 1.165) is 52.9 Å². The predicted molar refractivity (Wildman–Crippen MR) is 150 cm³/mol. The van der Waals surface area contributed by atoms with Crippen LogP contribution in [0.5, 0.6) is 0 Å². The lowest BCUT2D eigenvalue weighted by atomic mass is 9.69. The summed E-state index contributed by atoms with van der Waals surface area (Å²) in [5.74, 6) is 0.498. The summed E-state index contributed by atoms with van der Waals surface area (Å²) in [6, 6.07) is 23.5. The maximum atomic E-state index is 13.8. The highest BCUT2D eigenvalue weighted by molar-refractivity contribution is 6.19. The van der Waals surface area contributed by atoms with Crippen molar-refractivity contribution in [2.24, 2.45) is 0 Å². The van der Waals surface area contributed by atoms with Crippen LogP contribution in [0, 0.1) is 5.82 Å². The van der Waals surface area contributed by atoms with E-state index in [0.29, 0.717) is 6.04 Å². The molecule has 0 aliphatic heterocycles. The van der Waals surface area contributed by atoms with Crippen molar-refractivity contribution in [3.8, 4) is 0 Å². The van der Waals surface area contributed by atoms with Gasteiger partial charge in [-0.25, -0.2) is 19.0 Å². The van der Waals surface area contributed by atoms with Gasteiger partial charge in [0.25, 0.3) is 0 Å². The largest absolute Gasteiger partial charge is 0.378 e. The summed E-state index contributed by atoms with van der Waals surface area (Å²) < 4.78 is 15.8. The normalized spacial score (nSPS) is 15.6. The first-order valence-corrected chi connectivity index (χ1v) is 13.1. The van der Waals surface area contributed by atoms with Crippen molar-refractivity contribution in [1.82, 2.24) is 25.0 Å². The average Bonchev–Trinajstić information content (AvgIpc) is 3.68. The van der Waals surface area contributed by atoms with Crippen LogP contribution in [0.3, 0.4) is 0 Å². The van der Waals surface area contributed by atoms with Gasteiger partial charge in [0.1, 0.15) is 31.5 Å². The Morgan fingerprint density at radius 3 is 2.58 bits per heavy atom. The van der Waals surface area contributed by atoms with Gasteiger partial charge < -0.3 is 10.6 Å². The van der Waals surface area contributed by atoms with Crippen LogP contribution < -0.4 is 10.6 Å². The van der Waals surface area contributed by atoms with Crippen molar-refractivity contribution in [3.05, 3.63) is 108 Å². The van der Waals surface area contributed by atoms with Crippen LogP contribution in [0.25, 0.3) is 10.9 Å². The first-order chi connectivity index (χ1) is 18.5. The highest BCUT2D eigenvalue weighted by atomic mass is 19.1. The minimum absolute atomic E-state index is 0.118. The van der Waals surface area contributed by atoms with E-state index in [9.17, 15) is 4.39 Å². The third-order valence-electron chi connectivity index (χ3n) is 7.32. The molecule has 7 nitrogen and oxygen atoms in total. The number of nitrogens with one attached hydrogen (secondary N) is 2. The molecule has 2 atom stereocenters. The monoisotopic (exact) mass is 505 g/mol. The second-order valence-corrected chi connectivity index (χ2v) is 10.0. The number of hydrogen-bond acceptors (Lipinski definition) is 6. The molecule has 1 unspecified atom stereocenters. The molecule has 38 heavy (non-hydrogen) atoms. The Bertz CT molecular complexity index is 1550. The molecule has 1 fully saturated rings. The number of fused-ring (bicyclic) bond motifs is 1. The van der Waals surface area contributed by atoms with Gasteiger partial charge in [0.15, 0.2) is 0 Å². The SMILES string of the molecule is BC(Nc1ccc2ncnc(N[C@H](CC)c3ccccc3)c2c1)(c1ccc(F)cc1)c1cn(C2CC2)nn1. The van der Waals surface area contributed by atoms with Gasteiger partial charge in [-0.1, -0.05) is 54.6 Å². The number of halogens is 1. The summed E-state index contributed by atoms with van der Waals surface area (Å²) in [5.41, 5.74) is 3.84. The van der Waals surface area contributed by atoms with Crippen molar-refractivity contribution < 1.29 is 4.39 Å². The van der Waals surface area contributed by atoms with Gasteiger partial charge in [0, 0.05) is 11.1 Å². The van der Waals surface area contributed by atoms with E-state index in [-0.39, 0.29) is 11.9 Å². The van der Waals surface area contributed by atoms with Crippen LogP contribution >= 0.6 is 0 Å². The first kappa shape index (κ1) is 24.1. The van der Waals surface area contributed by atoms with Crippen molar-refractivity contribution in [2.75, 3.05) is 10.6 Å². The standard InChI is InChI=1S/C29H29BFN7/c1-2-25(19-6-4-3-5-7-19)34-28-24-16-22(12-15-26(24)32-18-33-28)35-29(30,20-8-10-21(31)11-9-20)27-17-38(37-36-27)23-13-14-23/h3-12,15-18,23,25,35H,2,13-14,30H2,1H3,(H,32,33,34)/t25-,29?/m1/s1. The van der Waals surface area contributed by atoms with Crippen LogP contribution in [0.4, 0.5) is 15.9 Å². The Kier molecular flexibility index (Phi) is 6.27. The lowest BCUT2D eigenvalue weighted by Gasteiger charge is -2.31. The maximum absolute atomic E-state index is 13.8. The quantitative estimate of drug-likeness (QED) is 0.268. The minimum Gasteiger partial charge on any atom is -0.378 e. The van der Waals surface area contributed by atoms with Crippen molar-refractivity contribution in [2.45, 2.75) is 43.7 Å². The van der Waals surface area contributed by atoms with Gasteiger partial charge in [0.2, 0.25) is 0 Å². The molecule has 5 aromatic rings. The summed E-state index contributed by atoms with van der Waals surface area (Å²) in [6.07, 6.45) is 6.73. The molecule has 1 aliphatic rings. The lowest BCUT2D eigenvalue weighted by Crippen LogP contribution is -2.37. The van der Waals surface area contributed by atoms with E-state index in [1.807, 2.05) is 29.1 Å². The molecular weight excluding hydrogens is 476 g/mol. The second kappa shape index (κ2) is 9.89. The van der Waals surface area contributed by atoms with Gasteiger partial charge >= 0.3 is 0 Å². The van der Waals surface area contributed by atoms with Gasteiger partial charge in [-0.3, -0.25) is 0 Å². The molecule has 1 saturated carbocycles. The molecular formula is C29H29BFN7. The Morgan fingerprint density at radius 1 is 1.05 bits per heavy atom. The van der Waals surface area contributed by atoms with Crippen LogP contribution in [-0.2, 0) is 5.44 Å². The molecule has 0 radical (unpaired) electrons. The Morgan fingerprint density at radius 2 is 1.84 bits per heavy atom. The van der Waals surface area contributed by atoms with Crippen LogP contribution in [-0.4, -0.2) is 32.8 Å². The summed E-state index contributed by atoms with van der Waals surface area (Å²) in [4.78, 5) is 9.09.